The Hall–Kier alpha value is -1.46. The Bertz CT molecular complexity index is 744. The number of nitrogens with zero attached hydrogens (tertiary/aromatic N) is 4. The number of fused-ring (bicyclic) bond motifs is 1. The highest BCUT2D eigenvalue weighted by Crippen LogP contribution is 2.34. The third-order valence-corrected chi connectivity index (χ3v) is 4.32. The van der Waals surface area contributed by atoms with Gasteiger partial charge in [0, 0.05) is 18.1 Å². The normalized spacial score (nSPS) is 11.3. The summed E-state index contributed by atoms with van der Waals surface area (Å²) in [5, 5.41) is 5.60. The van der Waals surface area contributed by atoms with E-state index in [1.807, 2.05) is 20.2 Å². The van der Waals surface area contributed by atoms with Gasteiger partial charge in [-0.1, -0.05) is 11.6 Å². The van der Waals surface area contributed by atoms with Gasteiger partial charge in [0.05, 0.1) is 17.1 Å². The van der Waals surface area contributed by atoms with Crippen LogP contribution in [0.2, 0.25) is 5.15 Å². The molecular weight excluding hydrogens is 268 g/mol. The maximum atomic E-state index is 6.27. The van der Waals surface area contributed by atoms with E-state index >= 15 is 0 Å². The number of aryl methyl sites for hydroxylation is 3. The van der Waals surface area contributed by atoms with Crippen molar-refractivity contribution in [1.82, 2.24) is 19.7 Å². The average molecular weight is 279 g/mol. The smallest absolute Gasteiger partial charge is 0.165 e. The maximum absolute atomic E-state index is 6.27. The van der Waals surface area contributed by atoms with Gasteiger partial charge in [-0.25, -0.2) is 9.97 Å². The Balaban J connectivity index is 2.27. The molecule has 6 heteroatoms. The molecule has 0 atom stereocenters. The highest BCUT2D eigenvalue weighted by atomic mass is 35.5. The molecule has 0 fully saturated rings. The van der Waals surface area contributed by atoms with Crippen molar-refractivity contribution >= 4 is 33.2 Å². The second-order valence-corrected chi connectivity index (χ2v) is 5.77. The zero-order chi connectivity index (χ0) is 12.9. The third-order valence-electron chi connectivity index (χ3n) is 2.95. The van der Waals surface area contributed by atoms with Crippen LogP contribution in [-0.2, 0) is 7.05 Å². The van der Waals surface area contributed by atoms with E-state index in [0.29, 0.717) is 11.0 Å². The minimum absolute atomic E-state index is 0.515. The molecule has 92 valence electrons. The van der Waals surface area contributed by atoms with Gasteiger partial charge in [0.15, 0.2) is 5.82 Å². The first-order valence-corrected chi connectivity index (χ1v) is 6.68. The summed E-state index contributed by atoms with van der Waals surface area (Å²) in [4.78, 5) is 11.1. The van der Waals surface area contributed by atoms with E-state index in [4.69, 9.17) is 11.6 Å². The van der Waals surface area contributed by atoms with E-state index in [1.54, 1.807) is 22.2 Å². The van der Waals surface area contributed by atoms with Crippen molar-refractivity contribution in [2.75, 3.05) is 0 Å². The lowest BCUT2D eigenvalue weighted by Gasteiger charge is -1.99. The Labute approximate surface area is 113 Å². The van der Waals surface area contributed by atoms with E-state index < -0.39 is 0 Å². The van der Waals surface area contributed by atoms with Gasteiger partial charge < -0.3 is 0 Å². The summed E-state index contributed by atoms with van der Waals surface area (Å²) in [7, 11) is 1.86. The number of rotatable bonds is 1. The first-order valence-electron chi connectivity index (χ1n) is 5.48. The molecule has 3 rings (SSSR count). The number of hydrogen-bond acceptors (Lipinski definition) is 4. The molecule has 0 aliphatic heterocycles. The predicted octanol–water partition coefficient (Wildman–Crippen LogP) is 3.36. The van der Waals surface area contributed by atoms with Crippen molar-refractivity contribution in [3.63, 3.8) is 0 Å². The largest absolute Gasteiger partial charge is 0.275 e. The molecule has 3 heterocycles. The lowest BCUT2D eigenvalue weighted by Crippen LogP contribution is -1.89. The zero-order valence-electron chi connectivity index (χ0n) is 10.2. The van der Waals surface area contributed by atoms with Crippen LogP contribution in [0.3, 0.4) is 0 Å². The fraction of sp³-hybridized carbons (Fsp3) is 0.250. The number of thiophene rings is 1. The molecule has 3 aromatic rings. The quantitative estimate of drug-likeness (QED) is 0.641. The standard InChI is InChI=1S/C12H11ClN4S/c1-6-7(2)18-12-9(6)10(13)15-11(16-12)8-4-14-17(3)5-8/h4-5H,1-3H3. The van der Waals surface area contributed by atoms with Crippen LogP contribution >= 0.6 is 22.9 Å². The Kier molecular flexibility index (Phi) is 2.60. The first-order chi connectivity index (χ1) is 8.56. The van der Waals surface area contributed by atoms with Crippen molar-refractivity contribution in [2.24, 2.45) is 7.05 Å². The molecule has 0 spiro atoms. The summed E-state index contributed by atoms with van der Waals surface area (Å²) in [6, 6.07) is 0. The van der Waals surface area contributed by atoms with Gasteiger partial charge in [0.25, 0.3) is 0 Å². The van der Waals surface area contributed by atoms with Crippen molar-refractivity contribution in [3.8, 4) is 11.4 Å². The van der Waals surface area contributed by atoms with Crippen molar-refractivity contribution < 1.29 is 0 Å². The minimum Gasteiger partial charge on any atom is -0.275 e. The summed E-state index contributed by atoms with van der Waals surface area (Å²) in [6.07, 6.45) is 3.62. The molecule has 0 radical (unpaired) electrons. The van der Waals surface area contributed by atoms with Gasteiger partial charge in [0.2, 0.25) is 0 Å². The van der Waals surface area contributed by atoms with Gasteiger partial charge in [-0.3, -0.25) is 4.68 Å². The molecule has 3 aromatic heterocycles. The molecule has 0 aliphatic rings. The molecule has 0 amide bonds. The Morgan fingerprint density at radius 3 is 2.72 bits per heavy atom. The van der Waals surface area contributed by atoms with Gasteiger partial charge in [-0.05, 0) is 19.4 Å². The zero-order valence-corrected chi connectivity index (χ0v) is 11.8. The fourth-order valence-electron chi connectivity index (χ4n) is 1.87. The molecule has 0 N–H and O–H groups in total. The fourth-order valence-corrected chi connectivity index (χ4v) is 3.26. The SMILES string of the molecule is Cc1sc2nc(-c3cnn(C)c3)nc(Cl)c2c1C. The topological polar surface area (TPSA) is 43.6 Å². The number of halogens is 1. The van der Waals surface area contributed by atoms with Gasteiger partial charge in [-0.15, -0.1) is 11.3 Å². The minimum atomic E-state index is 0.515. The van der Waals surface area contributed by atoms with Crippen LogP contribution in [0.1, 0.15) is 10.4 Å². The first kappa shape index (κ1) is 11.6. The molecule has 0 bridgehead atoms. The van der Waals surface area contributed by atoms with Crippen LogP contribution in [-0.4, -0.2) is 19.7 Å². The second-order valence-electron chi connectivity index (χ2n) is 4.20. The molecule has 0 aliphatic carbocycles. The lowest BCUT2D eigenvalue weighted by atomic mass is 10.2. The van der Waals surface area contributed by atoms with Crippen LogP contribution in [0.4, 0.5) is 0 Å². The summed E-state index contributed by atoms with van der Waals surface area (Å²) < 4.78 is 1.72. The average Bonchev–Trinajstić information content (AvgIpc) is 2.85. The third kappa shape index (κ3) is 1.71. The van der Waals surface area contributed by atoms with Crippen LogP contribution in [0, 0.1) is 13.8 Å². The van der Waals surface area contributed by atoms with Crippen LogP contribution in [0.15, 0.2) is 12.4 Å². The van der Waals surface area contributed by atoms with Crippen LogP contribution in [0.25, 0.3) is 21.6 Å². The monoisotopic (exact) mass is 278 g/mol. The van der Waals surface area contributed by atoms with E-state index in [0.717, 1.165) is 21.3 Å². The van der Waals surface area contributed by atoms with E-state index in [-0.39, 0.29) is 0 Å². The summed E-state index contributed by atoms with van der Waals surface area (Å²) in [5.41, 5.74) is 2.04. The Morgan fingerprint density at radius 2 is 2.06 bits per heavy atom. The number of hydrogen-bond donors (Lipinski definition) is 0. The summed E-state index contributed by atoms with van der Waals surface area (Å²) in [5.74, 6) is 0.627. The van der Waals surface area contributed by atoms with E-state index in [2.05, 4.69) is 22.0 Å². The number of aromatic nitrogens is 4. The molecule has 0 unspecified atom stereocenters. The van der Waals surface area contributed by atoms with Gasteiger partial charge >= 0.3 is 0 Å². The molecule has 4 nitrogen and oxygen atoms in total. The second kappa shape index (κ2) is 4.03. The Morgan fingerprint density at radius 1 is 1.28 bits per heavy atom. The molecule has 0 saturated heterocycles. The van der Waals surface area contributed by atoms with E-state index in [9.17, 15) is 0 Å². The van der Waals surface area contributed by atoms with Gasteiger partial charge in [0.1, 0.15) is 9.98 Å². The lowest BCUT2D eigenvalue weighted by molar-refractivity contribution is 0.768. The van der Waals surface area contributed by atoms with Crippen molar-refractivity contribution in [2.45, 2.75) is 13.8 Å². The molecule has 18 heavy (non-hydrogen) atoms. The maximum Gasteiger partial charge on any atom is 0.165 e. The highest BCUT2D eigenvalue weighted by molar-refractivity contribution is 7.18. The van der Waals surface area contributed by atoms with E-state index in [1.165, 1.54) is 4.88 Å². The molecular formula is C12H11ClN4S. The summed E-state index contributed by atoms with van der Waals surface area (Å²) >= 11 is 7.91. The van der Waals surface area contributed by atoms with Crippen molar-refractivity contribution in [3.05, 3.63) is 28.0 Å². The predicted molar refractivity (Wildman–Crippen MR) is 74.1 cm³/mol. The molecule has 0 saturated carbocycles. The highest BCUT2D eigenvalue weighted by Gasteiger charge is 2.14. The van der Waals surface area contributed by atoms with Crippen molar-refractivity contribution in [1.29, 1.82) is 0 Å². The van der Waals surface area contributed by atoms with Crippen LogP contribution < -0.4 is 0 Å². The summed E-state index contributed by atoms with van der Waals surface area (Å²) in [6.45, 7) is 4.12. The van der Waals surface area contributed by atoms with Crippen LogP contribution in [0.5, 0.6) is 0 Å². The van der Waals surface area contributed by atoms with Gasteiger partial charge in [-0.2, -0.15) is 5.10 Å². The molecule has 0 aromatic carbocycles.